The van der Waals surface area contributed by atoms with Gasteiger partial charge in [-0.3, -0.25) is 4.21 Å². The monoisotopic (exact) mass is 305 g/mol. The minimum absolute atomic E-state index is 0.0650. The molecule has 1 aromatic carbocycles. The fourth-order valence-corrected chi connectivity index (χ4v) is 2.66. The quantitative estimate of drug-likeness (QED) is 0.661. The largest absolute Gasteiger partial charge is 0.396 e. The van der Waals surface area contributed by atoms with Crippen LogP contribution in [0.15, 0.2) is 23.1 Å². The first-order valence-corrected chi connectivity index (χ1v) is 8.87. The Kier molecular flexibility index (Phi) is 5.33. The summed E-state index contributed by atoms with van der Waals surface area (Å²) >= 11 is 0. The second-order valence-corrected chi connectivity index (χ2v) is 7.62. The molecule has 0 aliphatic carbocycles. The number of para-hydroxylation sites is 1. The molecule has 108 valence electrons. The number of nitrogens with two attached hydrogens (primary N) is 2. The van der Waals surface area contributed by atoms with E-state index in [1.54, 1.807) is 18.4 Å². The highest BCUT2D eigenvalue weighted by Gasteiger charge is 2.14. The summed E-state index contributed by atoms with van der Waals surface area (Å²) in [4.78, 5) is -0.0929. The van der Waals surface area contributed by atoms with Crippen molar-refractivity contribution in [2.24, 2.45) is 5.14 Å². The van der Waals surface area contributed by atoms with Crippen molar-refractivity contribution in [3.8, 4) is 0 Å². The van der Waals surface area contributed by atoms with E-state index in [4.69, 9.17) is 10.9 Å². The molecule has 2 atom stereocenters. The number of anilines is 2. The number of nitrogen functional groups attached to an aromatic ring is 1. The molecule has 8 heteroatoms. The van der Waals surface area contributed by atoms with E-state index in [-0.39, 0.29) is 15.8 Å². The summed E-state index contributed by atoms with van der Waals surface area (Å²) < 4.78 is 33.8. The van der Waals surface area contributed by atoms with Crippen molar-refractivity contribution >= 4 is 32.2 Å². The molecule has 0 saturated carbocycles. The van der Waals surface area contributed by atoms with Gasteiger partial charge in [-0.2, -0.15) is 0 Å². The van der Waals surface area contributed by atoms with Gasteiger partial charge in [0, 0.05) is 28.9 Å². The Hall–Kier alpha value is -1.12. The Bertz CT molecular complexity index is 573. The zero-order valence-electron chi connectivity index (χ0n) is 10.9. The van der Waals surface area contributed by atoms with Gasteiger partial charge in [0.15, 0.2) is 0 Å². The highest BCUT2D eigenvalue weighted by Crippen LogP contribution is 2.25. The van der Waals surface area contributed by atoms with Gasteiger partial charge < -0.3 is 11.1 Å². The van der Waals surface area contributed by atoms with Gasteiger partial charge in [0.05, 0.1) is 11.4 Å². The van der Waals surface area contributed by atoms with Gasteiger partial charge in [0.1, 0.15) is 4.90 Å². The van der Waals surface area contributed by atoms with Crippen LogP contribution in [0.4, 0.5) is 11.4 Å². The fraction of sp³-hybridized carbons (Fsp3) is 0.455. The van der Waals surface area contributed by atoms with E-state index >= 15 is 0 Å². The summed E-state index contributed by atoms with van der Waals surface area (Å²) in [5.74, 6) is 0. The molecule has 5 N–H and O–H groups in total. The van der Waals surface area contributed by atoms with Gasteiger partial charge in [-0.1, -0.05) is 13.0 Å². The van der Waals surface area contributed by atoms with Crippen LogP contribution in [0.3, 0.4) is 0 Å². The molecule has 0 bridgehead atoms. The van der Waals surface area contributed by atoms with E-state index in [0.717, 1.165) is 0 Å². The lowest BCUT2D eigenvalue weighted by Gasteiger charge is -2.13. The van der Waals surface area contributed by atoms with Crippen molar-refractivity contribution in [2.45, 2.75) is 23.5 Å². The fourth-order valence-electron chi connectivity index (χ4n) is 1.52. The van der Waals surface area contributed by atoms with Gasteiger partial charge in [-0.05, 0) is 18.6 Å². The van der Waals surface area contributed by atoms with Gasteiger partial charge in [-0.25, -0.2) is 13.6 Å². The summed E-state index contributed by atoms with van der Waals surface area (Å²) in [5, 5.41) is 8.16. The van der Waals surface area contributed by atoms with Crippen LogP contribution < -0.4 is 16.2 Å². The molecule has 6 nitrogen and oxygen atoms in total. The number of nitrogens with one attached hydrogen (secondary N) is 1. The summed E-state index contributed by atoms with van der Waals surface area (Å²) in [6, 6.07) is 4.61. The maximum Gasteiger partial charge on any atom is 0.240 e. The van der Waals surface area contributed by atoms with Crippen LogP contribution in [-0.4, -0.2) is 30.7 Å². The minimum Gasteiger partial charge on any atom is -0.396 e. The number of hydrogen-bond acceptors (Lipinski definition) is 5. The molecule has 0 aliphatic heterocycles. The standard InChI is InChI=1S/C11H19N3O3S2/c1-8(18(2)15)6-7-14-9-4-3-5-10(11(9)12)19(13,16)17/h3-5,8,14H,6-7,12H2,1-2H3,(H2,13,16,17). The molecule has 1 aromatic rings. The van der Waals surface area contributed by atoms with Crippen LogP contribution in [-0.2, 0) is 20.8 Å². The first kappa shape index (κ1) is 15.9. The lowest BCUT2D eigenvalue weighted by atomic mass is 10.2. The molecule has 19 heavy (non-hydrogen) atoms. The molecule has 2 unspecified atom stereocenters. The van der Waals surface area contributed by atoms with Crippen LogP contribution >= 0.6 is 0 Å². The molecule has 0 aromatic heterocycles. The van der Waals surface area contributed by atoms with Crippen LogP contribution in [0.5, 0.6) is 0 Å². The maximum atomic E-state index is 11.3. The van der Waals surface area contributed by atoms with Crippen LogP contribution in [0, 0.1) is 0 Å². The van der Waals surface area contributed by atoms with Crippen LogP contribution in [0.2, 0.25) is 0 Å². The number of rotatable bonds is 6. The van der Waals surface area contributed by atoms with E-state index in [9.17, 15) is 12.6 Å². The summed E-state index contributed by atoms with van der Waals surface area (Å²) in [6.07, 6.45) is 2.35. The van der Waals surface area contributed by atoms with Gasteiger partial charge in [0.2, 0.25) is 10.0 Å². The first-order chi connectivity index (χ1) is 8.73. The number of benzene rings is 1. The smallest absolute Gasteiger partial charge is 0.240 e. The topological polar surface area (TPSA) is 115 Å². The molecular weight excluding hydrogens is 286 g/mol. The van der Waals surface area contributed by atoms with E-state index < -0.39 is 20.8 Å². The van der Waals surface area contributed by atoms with E-state index in [0.29, 0.717) is 18.7 Å². The maximum absolute atomic E-state index is 11.3. The second kappa shape index (κ2) is 6.36. The number of primary sulfonamides is 1. The van der Waals surface area contributed by atoms with Crippen molar-refractivity contribution in [2.75, 3.05) is 23.9 Å². The molecule has 1 rings (SSSR count). The van der Waals surface area contributed by atoms with Crippen molar-refractivity contribution in [1.29, 1.82) is 0 Å². The van der Waals surface area contributed by atoms with Crippen molar-refractivity contribution in [3.63, 3.8) is 0 Å². The number of hydrogen-bond donors (Lipinski definition) is 3. The molecule has 0 aliphatic rings. The predicted octanol–water partition coefficient (Wildman–Crippen LogP) is 0.485. The lowest BCUT2D eigenvalue weighted by Crippen LogP contribution is -2.17. The van der Waals surface area contributed by atoms with E-state index in [2.05, 4.69) is 5.32 Å². The third kappa shape index (κ3) is 4.48. The van der Waals surface area contributed by atoms with Crippen molar-refractivity contribution in [1.82, 2.24) is 0 Å². The average Bonchev–Trinajstić information content (AvgIpc) is 2.29. The molecule has 0 radical (unpaired) electrons. The zero-order valence-corrected chi connectivity index (χ0v) is 12.6. The average molecular weight is 305 g/mol. The highest BCUT2D eigenvalue weighted by atomic mass is 32.2. The Balaban J connectivity index is 2.78. The molecule has 0 spiro atoms. The Morgan fingerprint density at radius 3 is 2.58 bits per heavy atom. The predicted molar refractivity (Wildman–Crippen MR) is 78.9 cm³/mol. The SMILES string of the molecule is CC(CCNc1cccc(S(N)(=O)=O)c1N)S(C)=O. The number of sulfonamides is 1. The zero-order chi connectivity index (χ0) is 14.6. The first-order valence-electron chi connectivity index (χ1n) is 5.71. The van der Waals surface area contributed by atoms with Gasteiger partial charge >= 0.3 is 0 Å². The van der Waals surface area contributed by atoms with Crippen LogP contribution in [0.25, 0.3) is 0 Å². The second-order valence-electron chi connectivity index (χ2n) is 4.29. The van der Waals surface area contributed by atoms with Crippen molar-refractivity contribution in [3.05, 3.63) is 18.2 Å². The molecular formula is C11H19N3O3S2. The third-order valence-electron chi connectivity index (χ3n) is 2.81. The molecule has 0 heterocycles. The van der Waals surface area contributed by atoms with Gasteiger partial charge in [-0.15, -0.1) is 0 Å². The Morgan fingerprint density at radius 1 is 1.42 bits per heavy atom. The Labute approximate surface area is 116 Å². The van der Waals surface area contributed by atoms with E-state index in [1.165, 1.54) is 6.07 Å². The minimum atomic E-state index is -3.82. The van der Waals surface area contributed by atoms with E-state index in [1.807, 2.05) is 6.92 Å². The summed E-state index contributed by atoms with van der Waals surface area (Å²) in [7, 11) is -4.70. The third-order valence-corrected chi connectivity index (χ3v) is 5.14. The summed E-state index contributed by atoms with van der Waals surface area (Å²) in [5.41, 5.74) is 6.39. The lowest BCUT2D eigenvalue weighted by molar-refractivity contribution is 0.598. The summed E-state index contributed by atoms with van der Waals surface area (Å²) in [6.45, 7) is 2.45. The normalized spacial score (nSPS) is 14.9. The van der Waals surface area contributed by atoms with Crippen LogP contribution in [0.1, 0.15) is 13.3 Å². The molecule has 0 fully saturated rings. The highest BCUT2D eigenvalue weighted by molar-refractivity contribution is 7.89. The molecule has 0 saturated heterocycles. The molecule has 0 amide bonds. The Morgan fingerprint density at radius 2 is 2.05 bits per heavy atom. The van der Waals surface area contributed by atoms with Crippen molar-refractivity contribution < 1.29 is 12.6 Å². The van der Waals surface area contributed by atoms with Gasteiger partial charge in [0.25, 0.3) is 0 Å².